The Morgan fingerprint density at radius 3 is 2.79 bits per heavy atom. The summed E-state index contributed by atoms with van der Waals surface area (Å²) in [6.45, 7) is 3.97. The Bertz CT molecular complexity index is 582. The lowest BCUT2D eigenvalue weighted by Crippen LogP contribution is -2.40. The monoisotopic (exact) mass is 448 g/mol. The van der Waals surface area contributed by atoms with Gasteiger partial charge in [0.05, 0.1) is 32.4 Å². The number of hydrogen-bond acceptors (Lipinski definition) is 5. The molecule has 1 fully saturated rings. The molecule has 0 radical (unpaired) electrons. The van der Waals surface area contributed by atoms with E-state index in [-0.39, 0.29) is 41.8 Å². The molecule has 1 aromatic rings. The van der Waals surface area contributed by atoms with Crippen LogP contribution in [0.4, 0.5) is 0 Å². The van der Waals surface area contributed by atoms with Crippen molar-refractivity contribution in [2.24, 2.45) is 16.8 Å². The van der Waals surface area contributed by atoms with Crippen LogP contribution in [-0.2, 0) is 16.1 Å². The zero-order chi connectivity index (χ0) is 16.8. The molecule has 134 valence electrons. The summed E-state index contributed by atoms with van der Waals surface area (Å²) in [4.78, 5) is 22.5. The Morgan fingerprint density at radius 2 is 2.17 bits per heavy atom. The first-order valence-corrected chi connectivity index (χ1v) is 7.62. The van der Waals surface area contributed by atoms with Crippen LogP contribution >= 0.6 is 24.0 Å². The Hall–Kier alpha value is -1.58. The van der Waals surface area contributed by atoms with Crippen LogP contribution in [0, 0.1) is 11.8 Å². The van der Waals surface area contributed by atoms with E-state index in [0.29, 0.717) is 19.0 Å². The Morgan fingerprint density at radius 1 is 1.42 bits per heavy atom. The normalized spacial score (nSPS) is 20.3. The van der Waals surface area contributed by atoms with Gasteiger partial charge in [0.2, 0.25) is 5.88 Å². The minimum absolute atomic E-state index is 0. The molecule has 2 unspecified atom stereocenters. The predicted molar refractivity (Wildman–Crippen MR) is 103 cm³/mol. The summed E-state index contributed by atoms with van der Waals surface area (Å²) in [6, 6.07) is 5.63. The lowest BCUT2D eigenvalue weighted by atomic mass is 9.99. The van der Waals surface area contributed by atoms with Gasteiger partial charge in [0.1, 0.15) is 0 Å². The number of rotatable bonds is 4. The number of pyridine rings is 1. The number of likely N-dealkylation sites (tertiary alicyclic amines) is 1. The second-order valence-electron chi connectivity index (χ2n) is 5.58. The van der Waals surface area contributed by atoms with Gasteiger partial charge in [-0.1, -0.05) is 13.0 Å². The van der Waals surface area contributed by atoms with Gasteiger partial charge in [-0.05, 0) is 12.0 Å². The molecule has 0 saturated carbocycles. The highest BCUT2D eigenvalue weighted by molar-refractivity contribution is 14.0. The number of halogens is 1. The number of guanidine groups is 1. The fourth-order valence-electron chi connectivity index (χ4n) is 2.77. The van der Waals surface area contributed by atoms with Crippen molar-refractivity contribution in [2.45, 2.75) is 13.5 Å². The molecule has 24 heavy (non-hydrogen) atoms. The number of methoxy groups -OCH3 is 2. The molecular formula is C16H25IN4O3. The molecule has 1 aliphatic heterocycles. The smallest absolute Gasteiger partial charge is 0.310 e. The van der Waals surface area contributed by atoms with E-state index in [1.807, 2.05) is 12.1 Å². The molecule has 1 N–H and O–H groups in total. The fourth-order valence-corrected chi connectivity index (χ4v) is 2.77. The first kappa shape index (κ1) is 20.5. The highest BCUT2D eigenvalue weighted by atomic mass is 127. The number of aliphatic imine (C=N–C) groups is 1. The molecule has 7 nitrogen and oxygen atoms in total. The molecule has 1 aliphatic rings. The number of carbonyl (C=O) groups excluding carboxylic acids is 1. The molecule has 0 aromatic carbocycles. The number of ether oxygens (including phenoxy) is 2. The highest BCUT2D eigenvalue weighted by Crippen LogP contribution is 2.24. The van der Waals surface area contributed by atoms with E-state index in [2.05, 4.69) is 27.1 Å². The van der Waals surface area contributed by atoms with Crippen molar-refractivity contribution in [3.05, 3.63) is 23.9 Å². The van der Waals surface area contributed by atoms with Gasteiger partial charge in [-0.2, -0.15) is 0 Å². The highest BCUT2D eigenvalue weighted by Gasteiger charge is 2.36. The van der Waals surface area contributed by atoms with Gasteiger partial charge >= 0.3 is 5.97 Å². The standard InChI is InChI=1S/C16H24N4O3.HI/c1-11-9-20(10-13(11)15(21)23-4)16(17-2)18-8-12-6-5-7-14(19-12)22-3;/h5-7,11,13H,8-10H2,1-4H3,(H,17,18);1H. The molecule has 1 saturated heterocycles. The summed E-state index contributed by atoms with van der Waals surface area (Å²) in [7, 11) is 4.76. The van der Waals surface area contributed by atoms with E-state index in [1.165, 1.54) is 7.11 Å². The average molecular weight is 448 g/mol. The number of nitrogens with one attached hydrogen (secondary N) is 1. The largest absolute Gasteiger partial charge is 0.481 e. The number of nitrogens with zero attached hydrogens (tertiary/aromatic N) is 3. The van der Waals surface area contributed by atoms with Crippen molar-refractivity contribution in [2.75, 3.05) is 34.4 Å². The third-order valence-corrected chi connectivity index (χ3v) is 4.05. The van der Waals surface area contributed by atoms with Crippen molar-refractivity contribution in [1.29, 1.82) is 0 Å². The maximum absolute atomic E-state index is 11.8. The van der Waals surface area contributed by atoms with E-state index in [9.17, 15) is 4.79 Å². The summed E-state index contributed by atoms with van der Waals surface area (Å²) in [5.41, 5.74) is 0.863. The quantitative estimate of drug-likeness (QED) is 0.326. The number of aromatic nitrogens is 1. The average Bonchev–Trinajstić information content (AvgIpc) is 2.96. The minimum Gasteiger partial charge on any atom is -0.481 e. The van der Waals surface area contributed by atoms with Crippen molar-refractivity contribution < 1.29 is 14.3 Å². The molecule has 8 heteroatoms. The zero-order valence-electron chi connectivity index (χ0n) is 14.5. The van der Waals surface area contributed by atoms with Crippen LogP contribution in [0.2, 0.25) is 0 Å². The van der Waals surface area contributed by atoms with Gasteiger partial charge in [-0.25, -0.2) is 4.98 Å². The summed E-state index contributed by atoms with van der Waals surface area (Å²) in [6.07, 6.45) is 0. The summed E-state index contributed by atoms with van der Waals surface area (Å²) >= 11 is 0. The van der Waals surface area contributed by atoms with Crippen molar-refractivity contribution in [3.63, 3.8) is 0 Å². The lowest BCUT2D eigenvalue weighted by Gasteiger charge is -2.21. The SMILES string of the molecule is CN=C(NCc1cccc(OC)n1)N1CC(C)C(C(=O)OC)C1.I. The molecule has 0 aliphatic carbocycles. The van der Waals surface area contributed by atoms with Crippen molar-refractivity contribution >= 4 is 35.9 Å². The van der Waals surface area contributed by atoms with Crippen LogP contribution in [-0.4, -0.2) is 56.2 Å². The second-order valence-corrected chi connectivity index (χ2v) is 5.58. The minimum atomic E-state index is -0.162. The topological polar surface area (TPSA) is 76.1 Å². The van der Waals surface area contributed by atoms with E-state index in [4.69, 9.17) is 9.47 Å². The van der Waals surface area contributed by atoms with Gasteiger partial charge in [0.25, 0.3) is 0 Å². The maximum Gasteiger partial charge on any atom is 0.310 e. The summed E-state index contributed by atoms with van der Waals surface area (Å²) < 4.78 is 9.99. The van der Waals surface area contributed by atoms with Crippen molar-refractivity contribution in [3.8, 4) is 5.88 Å². The van der Waals surface area contributed by atoms with Crippen LogP contribution < -0.4 is 10.1 Å². The fraction of sp³-hybridized carbons (Fsp3) is 0.562. The molecule has 2 rings (SSSR count). The first-order valence-electron chi connectivity index (χ1n) is 7.62. The third kappa shape index (κ3) is 4.96. The molecule has 0 bridgehead atoms. The number of hydrogen-bond donors (Lipinski definition) is 1. The van der Waals surface area contributed by atoms with E-state index >= 15 is 0 Å². The van der Waals surface area contributed by atoms with Crippen LogP contribution in [0.3, 0.4) is 0 Å². The zero-order valence-corrected chi connectivity index (χ0v) is 16.8. The maximum atomic E-state index is 11.8. The molecule has 0 spiro atoms. The van der Waals surface area contributed by atoms with E-state index in [1.54, 1.807) is 20.2 Å². The Labute approximate surface area is 159 Å². The van der Waals surface area contributed by atoms with Crippen LogP contribution in [0.15, 0.2) is 23.2 Å². The molecule has 2 atom stereocenters. The van der Waals surface area contributed by atoms with Crippen LogP contribution in [0.1, 0.15) is 12.6 Å². The molecule has 1 aromatic heterocycles. The molecule has 0 amide bonds. The van der Waals surface area contributed by atoms with Gasteiger partial charge in [-0.15, -0.1) is 24.0 Å². The van der Waals surface area contributed by atoms with Gasteiger partial charge in [0.15, 0.2) is 5.96 Å². The molecular weight excluding hydrogens is 423 g/mol. The van der Waals surface area contributed by atoms with Gasteiger partial charge < -0.3 is 19.7 Å². The Kier molecular flexibility index (Phi) is 8.23. The molecule has 2 heterocycles. The van der Waals surface area contributed by atoms with Crippen LogP contribution in [0.25, 0.3) is 0 Å². The summed E-state index contributed by atoms with van der Waals surface area (Å²) in [5.74, 6) is 1.29. The van der Waals surface area contributed by atoms with E-state index < -0.39 is 0 Å². The first-order chi connectivity index (χ1) is 11.1. The predicted octanol–water partition coefficient (Wildman–Crippen LogP) is 1.52. The van der Waals surface area contributed by atoms with Crippen LogP contribution in [0.5, 0.6) is 5.88 Å². The van der Waals surface area contributed by atoms with E-state index in [0.717, 1.165) is 18.2 Å². The van der Waals surface area contributed by atoms with Crippen molar-refractivity contribution in [1.82, 2.24) is 15.2 Å². The van der Waals surface area contributed by atoms with Gasteiger partial charge in [0, 0.05) is 26.2 Å². The Balaban J connectivity index is 0.00000288. The summed E-state index contributed by atoms with van der Waals surface area (Å²) in [5, 5.41) is 3.28. The number of esters is 1. The lowest BCUT2D eigenvalue weighted by molar-refractivity contribution is -0.145. The third-order valence-electron chi connectivity index (χ3n) is 4.05. The van der Waals surface area contributed by atoms with Gasteiger partial charge in [-0.3, -0.25) is 9.79 Å². The number of carbonyl (C=O) groups is 1. The second kappa shape index (κ2) is 9.65.